The fourth-order valence-electron chi connectivity index (χ4n) is 3.52. The Morgan fingerprint density at radius 3 is 2.53 bits per heavy atom. The molecule has 0 saturated heterocycles. The molecule has 1 amide bonds. The molecule has 0 aromatic rings. The summed E-state index contributed by atoms with van der Waals surface area (Å²) in [4.78, 5) is 23.5. The molecule has 5 heteroatoms. The molecule has 2 aliphatic rings. The lowest BCUT2D eigenvalue weighted by molar-refractivity contribution is -0.146. The summed E-state index contributed by atoms with van der Waals surface area (Å²) >= 11 is 0. The third kappa shape index (κ3) is 3.08. The third-order valence-electron chi connectivity index (χ3n) is 4.54. The van der Waals surface area contributed by atoms with Gasteiger partial charge in [0.1, 0.15) is 0 Å². The molecule has 2 rings (SSSR count). The van der Waals surface area contributed by atoms with E-state index in [0.717, 1.165) is 19.3 Å². The van der Waals surface area contributed by atoms with Crippen molar-refractivity contribution >= 4 is 11.9 Å². The van der Waals surface area contributed by atoms with Crippen LogP contribution in [0.5, 0.6) is 0 Å². The van der Waals surface area contributed by atoms with Gasteiger partial charge in [-0.1, -0.05) is 6.92 Å². The van der Waals surface area contributed by atoms with Gasteiger partial charge in [-0.25, -0.2) is 0 Å². The SMILES string of the molecule is COC1CCCC1NC(=O)C1CC(C)CC1C(=O)O. The highest BCUT2D eigenvalue weighted by Gasteiger charge is 2.42. The van der Waals surface area contributed by atoms with Crippen molar-refractivity contribution in [3.8, 4) is 0 Å². The first-order chi connectivity index (χ1) is 9.02. The van der Waals surface area contributed by atoms with Gasteiger partial charge in [-0.15, -0.1) is 0 Å². The van der Waals surface area contributed by atoms with Gasteiger partial charge in [0.2, 0.25) is 5.91 Å². The minimum Gasteiger partial charge on any atom is -0.481 e. The van der Waals surface area contributed by atoms with Crippen LogP contribution in [0, 0.1) is 17.8 Å². The first-order valence-electron chi connectivity index (χ1n) is 7.09. The van der Waals surface area contributed by atoms with Crippen molar-refractivity contribution < 1.29 is 19.4 Å². The Kier molecular flexibility index (Phi) is 4.45. The molecule has 0 spiro atoms. The van der Waals surface area contributed by atoms with Gasteiger partial charge in [0, 0.05) is 7.11 Å². The predicted octanol–water partition coefficient (Wildman–Crippen LogP) is 1.42. The van der Waals surface area contributed by atoms with Crippen LogP contribution in [0.4, 0.5) is 0 Å². The molecule has 0 aromatic heterocycles. The van der Waals surface area contributed by atoms with Crippen molar-refractivity contribution in [2.75, 3.05) is 7.11 Å². The van der Waals surface area contributed by atoms with Crippen LogP contribution in [0.2, 0.25) is 0 Å². The molecule has 2 aliphatic carbocycles. The van der Waals surface area contributed by atoms with Crippen molar-refractivity contribution in [1.29, 1.82) is 0 Å². The van der Waals surface area contributed by atoms with Crippen LogP contribution in [-0.4, -0.2) is 36.2 Å². The second kappa shape index (κ2) is 5.90. The number of methoxy groups -OCH3 is 1. The molecule has 0 bridgehead atoms. The molecule has 0 radical (unpaired) electrons. The van der Waals surface area contributed by atoms with Crippen LogP contribution in [0.1, 0.15) is 39.0 Å². The molecule has 0 aliphatic heterocycles. The molecule has 2 fully saturated rings. The van der Waals surface area contributed by atoms with E-state index in [1.807, 2.05) is 6.92 Å². The number of hydrogen-bond donors (Lipinski definition) is 2. The average Bonchev–Trinajstić information content (AvgIpc) is 2.95. The number of carbonyl (C=O) groups excluding carboxylic acids is 1. The zero-order valence-corrected chi connectivity index (χ0v) is 11.6. The number of nitrogens with one attached hydrogen (secondary N) is 1. The maximum Gasteiger partial charge on any atom is 0.307 e. The van der Waals surface area contributed by atoms with Crippen molar-refractivity contribution in [3.05, 3.63) is 0 Å². The smallest absolute Gasteiger partial charge is 0.307 e. The monoisotopic (exact) mass is 269 g/mol. The Hall–Kier alpha value is -1.10. The van der Waals surface area contributed by atoms with Crippen molar-refractivity contribution in [3.63, 3.8) is 0 Å². The summed E-state index contributed by atoms with van der Waals surface area (Å²) < 4.78 is 5.35. The first kappa shape index (κ1) is 14.3. The molecule has 108 valence electrons. The number of hydrogen-bond acceptors (Lipinski definition) is 3. The molecule has 0 aromatic carbocycles. The third-order valence-corrected chi connectivity index (χ3v) is 4.54. The molecule has 5 nitrogen and oxygen atoms in total. The van der Waals surface area contributed by atoms with Crippen LogP contribution >= 0.6 is 0 Å². The number of carbonyl (C=O) groups is 2. The summed E-state index contributed by atoms with van der Waals surface area (Å²) in [6.45, 7) is 2.01. The predicted molar refractivity (Wildman–Crippen MR) is 69.6 cm³/mol. The normalized spacial score (nSPS) is 38.3. The number of amides is 1. The number of carboxylic acid groups (broad SMARTS) is 1. The average molecular weight is 269 g/mol. The maximum atomic E-state index is 12.3. The number of carboxylic acids is 1. The quantitative estimate of drug-likeness (QED) is 0.809. The van der Waals surface area contributed by atoms with E-state index < -0.39 is 11.9 Å². The summed E-state index contributed by atoms with van der Waals surface area (Å²) in [6, 6.07) is 0.0443. The Morgan fingerprint density at radius 1 is 1.21 bits per heavy atom. The summed E-state index contributed by atoms with van der Waals surface area (Å²) in [5.74, 6) is -1.56. The minimum absolute atomic E-state index is 0.0443. The Labute approximate surface area is 113 Å². The standard InChI is InChI=1S/C14H23NO4/c1-8-6-9(10(7-8)14(17)18)13(16)15-11-4-3-5-12(11)19-2/h8-12H,3-7H2,1-2H3,(H,15,16)(H,17,18). The molecule has 2 N–H and O–H groups in total. The largest absolute Gasteiger partial charge is 0.481 e. The highest BCUT2D eigenvalue weighted by Crippen LogP contribution is 2.37. The number of rotatable bonds is 4. The minimum atomic E-state index is -0.848. The fourth-order valence-corrected chi connectivity index (χ4v) is 3.52. The summed E-state index contributed by atoms with van der Waals surface area (Å²) in [7, 11) is 1.66. The van der Waals surface area contributed by atoms with E-state index in [2.05, 4.69) is 5.32 Å². The highest BCUT2D eigenvalue weighted by atomic mass is 16.5. The molecule has 0 heterocycles. The fraction of sp³-hybridized carbons (Fsp3) is 0.857. The second-order valence-electron chi connectivity index (χ2n) is 5.95. The Balaban J connectivity index is 1.97. The van der Waals surface area contributed by atoms with E-state index in [-0.39, 0.29) is 24.0 Å². The van der Waals surface area contributed by atoms with Gasteiger partial charge >= 0.3 is 5.97 Å². The van der Waals surface area contributed by atoms with Gasteiger partial charge in [-0.3, -0.25) is 9.59 Å². The van der Waals surface area contributed by atoms with Gasteiger partial charge < -0.3 is 15.2 Å². The Bertz CT molecular complexity index is 357. The number of aliphatic carboxylic acids is 1. The van der Waals surface area contributed by atoms with E-state index in [1.54, 1.807) is 7.11 Å². The lowest BCUT2D eigenvalue weighted by atomic mass is 9.95. The molecule has 5 atom stereocenters. The highest BCUT2D eigenvalue weighted by molar-refractivity contribution is 5.85. The van der Waals surface area contributed by atoms with Crippen LogP contribution in [0.25, 0.3) is 0 Å². The van der Waals surface area contributed by atoms with Crippen molar-refractivity contribution in [1.82, 2.24) is 5.32 Å². The van der Waals surface area contributed by atoms with Crippen LogP contribution in [0.3, 0.4) is 0 Å². The molecule has 2 saturated carbocycles. The molecule has 5 unspecified atom stereocenters. The topological polar surface area (TPSA) is 75.6 Å². The van der Waals surface area contributed by atoms with Crippen LogP contribution in [0.15, 0.2) is 0 Å². The van der Waals surface area contributed by atoms with E-state index in [4.69, 9.17) is 4.74 Å². The number of ether oxygens (including phenoxy) is 1. The van der Waals surface area contributed by atoms with Crippen molar-refractivity contribution in [2.24, 2.45) is 17.8 Å². The van der Waals surface area contributed by atoms with E-state index in [0.29, 0.717) is 18.8 Å². The maximum absolute atomic E-state index is 12.3. The van der Waals surface area contributed by atoms with Gasteiger partial charge in [0.15, 0.2) is 0 Å². The lowest BCUT2D eigenvalue weighted by Crippen LogP contribution is -2.45. The second-order valence-corrected chi connectivity index (χ2v) is 5.95. The summed E-state index contributed by atoms with van der Waals surface area (Å²) in [6.07, 6.45) is 4.28. The molecule has 19 heavy (non-hydrogen) atoms. The lowest BCUT2D eigenvalue weighted by Gasteiger charge is -2.23. The van der Waals surface area contributed by atoms with Crippen LogP contribution in [-0.2, 0) is 14.3 Å². The zero-order chi connectivity index (χ0) is 14.0. The Morgan fingerprint density at radius 2 is 1.89 bits per heavy atom. The van der Waals surface area contributed by atoms with Crippen molar-refractivity contribution in [2.45, 2.75) is 51.2 Å². The summed E-state index contributed by atoms with van der Waals surface area (Å²) in [5, 5.41) is 12.2. The van der Waals surface area contributed by atoms with Gasteiger partial charge in [0.05, 0.1) is 24.0 Å². The zero-order valence-electron chi connectivity index (χ0n) is 11.6. The molecular weight excluding hydrogens is 246 g/mol. The van der Waals surface area contributed by atoms with E-state index in [9.17, 15) is 14.7 Å². The van der Waals surface area contributed by atoms with E-state index in [1.165, 1.54) is 0 Å². The first-order valence-corrected chi connectivity index (χ1v) is 7.09. The van der Waals surface area contributed by atoms with E-state index >= 15 is 0 Å². The molecular formula is C14H23NO4. The van der Waals surface area contributed by atoms with Crippen LogP contribution < -0.4 is 5.32 Å². The van der Waals surface area contributed by atoms with Gasteiger partial charge in [-0.2, -0.15) is 0 Å². The van der Waals surface area contributed by atoms with Gasteiger partial charge in [-0.05, 0) is 38.0 Å². The van der Waals surface area contributed by atoms with Gasteiger partial charge in [0.25, 0.3) is 0 Å². The summed E-state index contributed by atoms with van der Waals surface area (Å²) in [5.41, 5.74) is 0.